The molecule has 1 aromatic carbocycles. The maximum Gasteiger partial charge on any atom is 0.163 e. The highest BCUT2D eigenvalue weighted by Crippen LogP contribution is 2.36. The molecule has 0 heterocycles. The summed E-state index contributed by atoms with van der Waals surface area (Å²) in [5.41, 5.74) is 7.53. The quantitative estimate of drug-likeness (QED) is 0.763. The number of nitrogens with two attached hydrogens (primary N) is 1. The third-order valence-corrected chi connectivity index (χ3v) is 2.21. The molecular weight excluding hydrogens is 228 g/mol. The molecule has 1 rings (SSSR count). The number of benzene rings is 1. The lowest BCUT2D eigenvalue weighted by molar-refractivity contribution is 0.199. The van der Waals surface area contributed by atoms with Gasteiger partial charge in [0.25, 0.3) is 0 Å². The number of nitrogen functional groups attached to an aromatic ring is 1. The lowest BCUT2D eigenvalue weighted by Crippen LogP contribution is -2.12. The fraction of sp³-hybridized carbons (Fsp3) is 0.571. The van der Waals surface area contributed by atoms with Crippen molar-refractivity contribution < 1.29 is 9.47 Å². The average molecular weight is 252 g/mol. The van der Waals surface area contributed by atoms with Crippen LogP contribution in [-0.4, -0.2) is 18.8 Å². The van der Waals surface area contributed by atoms with Gasteiger partial charge in [0.05, 0.1) is 23.6 Å². The molecule has 0 spiro atoms. The van der Waals surface area contributed by atoms with Crippen LogP contribution in [-0.2, 0) is 0 Å². The third-order valence-electron chi connectivity index (χ3n) is 2.21. The third kappa shape index (κ3) is 4.02. The van der Waals surface area contributed by atoms with Crippen molar-refractivity contribution in [2.24, 2.45) is 0 Å². The van der Waals surface area contributed by atoms with Gasteiger partial charge in [0.1, 0.15) is 0 Å². The van der Waals surface area contributed by atoms with Crippen LogP contribution < -0.4 is 20.5 Å². The van der Waals surface area contributed by atoms with Crippen LogP contribution in [0.3, 0.4) is 0 Å². The van der Waals surface area contributed by atoms with Crippen molar-refractivity contribution in [3.8, 4) is 11.5 Å². The molecule has 0 fully saturated rings. The summed E-state index contributed by atoms with van der Waals surface area (Å²) < 4.78 is 11.5. The Hall–Kier alpha value is -1.58. The molecule has 0 radical (unpaired) electrons. The van der Waals surface area contributed by atoms with Gasteiger partial charge in [0.15, 0.2) is 11.5 Å². The van der Waals surface area contributed by atoms with E-state index >= 15 is 0 Å². The molecule has 1 aromatic rings. The maximum atomic E-state index is 5.98. The fourth-order valence-corrected chi connectivity index (χ4v) is 1.61. The molecule has 0 atom stereocenters. The molecule has 0 aliphatic rings. The first kappa shape index (κ1) is 14.5. The van der Waals surface area contributed by atoms with Gasteiger partial charge in [-0.2, -0.15) is 0 Å². The fourth-order valence-electron chi connectivity index (χ4n) is 1.61. The maximum absolute atomic E-state index is 5.98. The van der Waals surface area contributed by atoms with E-state index in [0.717, 1.165) is 18.0 Å². The topological polar surface area (TPSA) is 56.5 Å². The smallest absolute Gasteiger partial charge is 0.163 e. The Balaban J connectivity index is 3.10. The SMILES string of the molecule is CCNc1cc(OC(C)C)c(OC(C)C)cc1N. The summed E-state index contributed by atoms with van der Waals surface area (Å²) in [6.45, 7) is 10.8. The van der Waals surface area contributed by atoms with Gasteiger partial charge >= 0.3 is 0 Å². The first-order valence-corrected chi connectivity index (χ1v) is 6.44. The van der Waals surface area contributed by atoms with Crippen LogP contribution >= 0.6 is 0 Å². The van der Waals surface area contributed by atoms with E-state index in [-0.39, 0.29) is 12.2 Å². The van der Waals surface area contributed by atoms with Gasteiger partial charge in [-0.15, -0.1) is 0 Å². The summed E-state index contributed by atoms with van der Waals surface area (Å²) in [5, 5.41) is 3.21. The number of hydrogen-bond acceptors (Lipinski definition) is 4. The van der Waals surface area contributed by atoms with Crippen LogP contribution in [0.15, 0.2) is 12.1 Å². The number of rotatable bonds is 6. The molecule has 0 amide bonds. The van der Waals surface area contributed by atoms with Crippen LogP contribution in [0.1, 0.15) is 34.6 Å². The number of hydrogen-bond donors (Lipinski definition) is 2. The molecule has 0 aliphatic carbocycles. The van der Waals surface area contributed by atoms with E-state index in [4.69, 9.17) is 15.2 Å². The Kier molecular flexibility index (Phi) is 5.13. The molecule has 0 unspecified atom stereocenters. The minimum Gasteiger partial charge on any atom is -0.487 e. The van der Waals surface area contributed by atoms with Crippen molar-refractivity contribution in [3.05, 3.63) is 12.1 Å². The number of anilines is 2. The molecule has 0 saturated heterocycles. The van der Waals surface area contributed by atoms with Gasteiger partial charge < -0.3 is 20.5 Å². The second kappa shape index (κ2) is 6.38. The zero-order chi connectivity index (χ0) is 13.7. The van der Waals surface area contributed by atoms with E-state index in [1.165, 1.54) is 0 Å². The Morgan fingerprint density at radius 3 is 2.00 bits per heavy atom. The molecular formula is C14H24N2O2. The van der Waals surface area contributed by atoms with Crippen LogP contribution in [0, 0.1) is 0 Å². The molecule has 18 heavy (non-hydrogen) atoms. The summed E-state index contributed by atoms with van der Waals surface area (Å²) in [7, 11) is 0. The van der Waals surface area contributed by atoms with Crippen LogP contribution in [0.25, 0.3) is 0 Å². The van der Waals surface area contributed by atoms with Gasteiger partial charge in [-0.1, -0.05) is 0 Å². The Labute approximate surface area is 109 Å². The first-order chi connectivity index (χ1) is 8.43. The van der Waals surface area contributed by atoms with Crippen molar-refractivity contribution in [2.45, 2.75) is 46.8 Å². The highest BCUT2D eigenvalue weighted by atomic mass is 16.5. The van der Waals surface area contributed by atoms with Gasteiger partial charge in [-0.3, -0.25) is 0 Å². The standard InChI is InChI=1S/C14H24N2O2/c1-6-16-12-8-14(18-10(4)5)13(7-11(12)15)17-9(2)3/h7-10,16H,6,15H2,1-5H3. The van der Waals surface area contributed by atoms with Crippen LogP contribution in [0.4, 0.5) is 11.4 Å². The summed E-state index contributed by atoms with van der Waals surface area (Å²) in [6, 6.07) is 3.71. The summed E-state index contributed by atoms with van der Waals surface area (Å²) in [5.74, 6) is 1.42. The lowest BCUT2D eigenvalue weighted by atomic mass is 10.2. The van der Waals surface area contributed by atoms with Crippen LogP contribution in [0.2, 0.25) is 0 Å². The van der Waals surface area contributed by atoms with E-state index < -0.39 is 0 Å². The van der Waals surface area contributed by atoms with E-state index in [0.29, 0.717) is 11.4 Å². The van der Waals surface area contributed by atoms with E-state index in [2.05, 4.69) is 5.32 Å². The largest absolute Gasteiger partial charge is 0.487 e. The monoisotopic (exact) mass is 252 g/mol. The molecule has 4 heteroatoms. The zero-order valence-electron chi connectivity index (χ0n) is 11.9. The Morgan fingerprint density at radius 2 is 1.56 bits per heavy atom. The summed E-state index contributed by atoms with van der Waals surface area (Å²) in [4.78, 5) is 0. The second-order valence-corrected chi connectivity index (χ2v) is 4.75. The second-order valence-electron chi connectivity index (χ2n) is 4.75. The molecule has 102 valence electrons. The van der Waals surface area contributed by atoms with Gasteiger partial charge in [-0.05, 0) is 34.6 Å². The number of ether oxygens (including phenoxy) is 2. The average Bonchev–Trinajstić information content (AvgIpc) is 2.23. The molecule has 0 aromatic heterocycles. The van der Waals surface area contributed by atoms with Crippen molar-refractivity contribution in [3.63, 3.8) is 0 Å². The minimum absolute atomic E-state index is 0.0869. The van der Waals surface area contributed by atoms with E-state index in [1.807, 2.05) is 46.8 Å². The lowest BCUT2D eigenvalue weighted by Gasteiger charge is -2.19. The first-order valence-electron chi connectivity index (χ1n) is 6.44. The molecule has 0 bridgehead atoms. The van der Waals surface area contributed by atoms with Crippen molar-refractivity contribution in [1.29, 1.82) is 0 Å². The molecule has 4 nitrogen and oxygen atoms in total. The normalized spacial score (nSPS) is 10.8. The summed E-state index contributed by atoms with van der Waals surface area (Å²) >= 11 is 0. The highest BCUT2D eigenvalue weighted by Gasteiger charge is 2.12. The van der Waals surface area contributed by atoms with Crippen molar-refractivity contribution in [1.82, 2.24) is 0 Å². The van der Waals surface area contributed by atoms with Gasteiger partial charge in [-0.25, -0.2) is 0 Å². The highest BCUT2D eigenvalue weighted by molar-refractivity contribution is 5.72. The Morgan fingerprint density at radius 1 is 1.06 bits per heavy atom. The summed E-state index contributed by atoms with van der Waals surface area (Å²) in [6.07, 6.45) is 0.182. The van der Waals surface area contributed by atoms with Gasteiger partial charge in [0, 0.05) is 18.7 Å². The molecule has 3 N–H and O–H groups in total. The zero-order valence-corrected chi connectivity index (χ0v) is 11.9. The number of nitrogens with one attached hydrogen (secondary N) is 1. The minimum atomic E-state index is 0.0869. The van der Waals surface area contributed by atoms with E-state index in [1.54, 1.807) is 0 Å². The van der Waals surface area contributed by atoms with Crippen molar-refractivity contribution in [2.75, 3.05) is 17.6 Å². The van der Waals surface area contributed by atoms with Crippen molar-refractivity contribution >= 4 is 11.4 Å². The van der Waals surface area contributed by atoms with Crippen LogP contribution in [0.5, 0.6) is 11.5 Å². The molecule has 0 aliphatic heterocycles. The Bertz CT molecular complexity index is 390. The predicted octanol–water partition coefficient (Wildman–Crippen LogP) is 3.28. The van der Waals surface area contributed by atoms with E-state index in [9.17, 15) is 0 Å². The molecule has 0 saturated carbocycles. The van der Waals surface area contributed by atoms with Gasteiger partial charge in [0.2, 0.25) is 0 Å². The predicted molar refractivity (Wildman–Crippen MR) is 76.5 cm³/mol.